The Morgan fingerprint density at radius 1 is 1.10 bits per heavy atom. The number of aromatic nitrogens is 3. The molecule has 0 aliphatic carbocycles. The van der Waals surface area contributed by atoms with E-state index in [2.05, 4.69) is 16.3 Å². The average molecular weight is 417 g/mol. The highest BCUT2D eigenvalue weighted by molar-refractivity contribution is 6.30. The van der Waals surface area contributed by atoms with Crippen LogP contribution in [0.2, 0.25) is 5.02 Å². The third-order valence-electron chi connectivity index (χ3n) is 4.34. The molecule has 29 heavy (non-hydrogen) atoms. The molecule has 0 saturated carbocycles. The molecule has 3 rings (SSSR count). The number of ether oxygens (including phenoxy) is 1. The number of halogens is 3. The quantitative estimate of drug-likeness (QED) is 0.539. The average Bonchev–Trinajstić information content (AvgIpc) is 3.11. The molecule has 0 aliphatic rings. The standard InChI is InChI=1S/C21H19ClF2N4O/c1-12(2)28-19(14-7-5-13(11-25)6-8-14)26-27-20(28)21(3,4)29-18-16(23)9-15(22)10-17(18)24/h5-10,12H,1-4H3. The van der Waals surface area contributed by atoms with Crippen molar-refractivity contribution in [1.29, 1.82) is 5.26 Å². The largest absolute Gasteiger partial charge is 0.474 e. The first-order valence-electron chi connectivity index (χ1n) is 8.93. The molecule has 0 unspecified atom stereocenters. The smallest absolute Gasteiger partial charge is 0.192 e. The minimum absolute atomic E-state index is 0.0568. The van der Waals surface area contributed by atoms with E-state index in [9.17, 15) is 8.78 Å². The van der Waals surface area contributed by atoms with Crippen molar-refractivity contribution in [3.63, 3.8) is 0 Å². The van der Waals surface area contributed by atoms with Crippen molar-refractivity contribution < 1.29 is 13.5 Å². The van der Waals surface area contributed by atoms with Crippen LogP contribution in [0, 0.1) is 23.0 Å². The van der Waals surface area contributed by atoms with E-state index in [0.717, 1.165) is 17.7 Å². The molecular formula is C21H19ClF2N4O. The number of nitriles is 1. The highest BCUT2D eigenvalue weighted by atomic mass is 35.5. The van der Waals surface area contributed by atoms with Crippen molar-refractivity contribution in [1.82, 2.24) is 14.8 Å². The zero-order valence-electron chi connectivity index (χ0n) is 16.4. The Bertz CT molecular complexity index is 1060. The normalized spacial score (nSPS) is 11.6. The van der Waals surface area contributed by atoms with E-state index in [1.807, 2.05) is 18.4 Å². The Morgan fingerprint density at radius 2 is 1.69 bits per heavy atom. The summed E-state index contributed by atoms with van der Waals surface area (Å²) in [5.74, 6) is -1.36. The second-order valence-corrected chi connectivity index (χ2v) is 7.75. The van der Waals surface area contributed by atoms with Crippen LogP contribution >= 0.6 is 11.6 Å². The maximum Gasteiger partial charge on any atom is 0.192 e. The fraction of sp³-hybridized carbons (Fsp3) is 0.286. The molecule has 2 aromatic carbocycles. The summed E-state index contributed by atoms with van der Waals surface area (Å²) in [6.07, 6.45) is 0. The van der Waals surface area contributed by atoms with E-state index < -0.39 is 23.0 Å². The molecule has 0 aliphatic heterocycles. The van der Waals surface area contributed by atoms with Crippen LogP contribution in [-0.4, -0.2) is 14.8 Å². The zero-order chi connectivity index (χ0) is 21.3. The minimum atomic E-state index is -1.20. The van der Waals surface area contributed by atoms with Crippen LogP contribution in [0.4, 0.5) is 8.78 Å². The number of benzene rings is 2. The molecule has 8 heteroatoms. The van der Waals surface area contributed by atoms with Crippen molar-refractivity contribution in [2.45, 2.75) is 39.3 Å². The summed E-state index contributed by atoms with van der Waals surface area (Å²) in [4.78, 5) is 0. The Morgan fingerprint density at radius 3 is 2.21 bits per heavy atom. The summed E-state index contributed by atoms with van der Waals surface area (Å²) >= 11 is 5.69. The van der Waals surface area contributed by atoms with Gasteiger partial charge in [-0.15, -0.1) is 10.2 Å². The first-order chi connectivity index (χ1) is 13.6. The fourth-order valence-electron chi connectivity index (χ4n) is 3.01. The molecule has 0 saturated heterocycles. The van der Waals surface area contributed by atoms with Gasteiger partial charge in [0, 0.05) is 16.6 Å². The summed E-state index contributed by atoms with van der Waals surface area (Å²) in [5.41, 5.74) is 0.0931. The van der Waals surface area contributed by atoms with Crippen LogP contribution < -0.4 is 4.74 Å². The van der Waals surface area contributed by atoms with Crippen LogP contribution in [0.3, 0.4) is 0 Å². The highest BCUT2D eigenvalue weighted by Crippen LogP contribution is 2.35. The van der Waals surface area contributed by atoms with Gasteiger partial charge in [0.05, 0.1) is 11.6 Å². The molecule has 0 spiro atoms. The molecule has 0 N–H and O–H groups in total. The molecule has 0 atom stereocenters. The third kappa shape index (κ3) is 4.08. The lowest BCUT2D eigenvalue weighted by Gasteiger charge is -2.28. The highest BCUT2D eigenvalue weighted by Gasteiger charge is 2.34. The lowest BCUT2D eigenvalue weighted by molar-refractivity contribution is 0.0814. The Labute approximate surface area is 172 Å². The molecule has 0 radical (unpaired) electrons. The van der Waals surface area contributed by atoms with Gasteiger partial charge in [0.15, 0.2) is 34.6 Å². The van der Waals surface area contributed by atoms with E-state index in [4.69, 9.17) is 21.6 Å². The molecule has 3 aromatic rings. The third-order valence-corrected chi connectivity index (χ3v) is 4.56. The first-order valence-corrected chi connectivity index (χ1v) is 9.31. The Kier molecular flexibility index (Phi) is 5.58. The van der Waals surface area contributed by atoms with Crippen molar-refractivity contribution in [3.8, 4) is 23.2 Å². The predicted octanol–water partition coefficient (Wildman–Crippen LogP) is 5.64. The number of rotatable bonds is 5. The van der Waals surface area contributed by atoms with E-state index in [0.29, 0.717) is 17.2 Å². The molecule has 0 amide bonds. The van der Waals surface area contributed by atoms with Crippen LogP contribution in [0.15, 0.2) is 36.4 Å². The molecule has 0 fully saturated rings. The Hall–Kier alpha value is -2.98. The topological polar surface area (TPSA) is 63.7 Å². The lowest BCUT2D eigenvalue weighted by Crippen LogP contribution is -2.31. The van der Waals surface area contributed by atoms with Crippen molar-refractivity contribution in [2.24, 2.45) is 0 Å². The molecule has 1 aromatic heterocycles. The minimum Gasteiger partial charge on any atom is -0.474 e. The van der Waals surface area contributed by atoms with E-state index in [1.54, 1.807) is 38.1 Å². The molecule has 150 valence electrons. The van der Waals surface area contributed by atoms with Gasteiger partial charge >= 0.3 is 0 Å². The second-order valence-electron chi connectivity index (χ2n) is 7.31. The summed E-state index contributed by atoms with van der Waals surface area (Å²) in [6.45, 7) is 7.21. The van der Waals surface area contributed by atoms with Crippen LogP contribution in [0.5, 0.6) is 5.75 Å². The van der Waals surface area contributed by atoms with E-state index in [-0.39, 0.29) is 11.1 Å². The van der Waals surface area contributed by atoms with Crippen molar-refractivity contribution >= 4 is 11.6 Å². The zero-order valence-corrected chi connectivity index (χ0v) is 17.1. The summed E-state index contributed by atoms with van der Waals surface area (Å²) in [6, 6.07) is 10.9. The number of hydrogen-bond acceptors (Lipinski definition) is 4. The summed E-state index contributed by atoms with van der Waals surface area (Å²) < 4.78 is 36.0. The molecular weight excluding hydrogens is 398 g/mol. The molecule has 5 nitrogen and oxygen atoms in total. The maximum atomic E-state index is 14.2. The molecule has 0 bridgehead atoms. The van der Waals surface area contributed by atoms with Gasteiger partial charge in [0.1, 0.15) is 0 Å². The van der Waals surface area contributed by atoms with Crippen LogP contribution in [0.1, 0.15) is 45.1 Å². The second kappa shape index (κ2) is 7.80. The van der Waals surface area contributed by atoms with Gasteiger partial charge in [-0.3, -0.25) is 0 Å². The van der Waals surface area contributed by atoms with Gasteiger partial charge in [-0.05, 0) is 64.1 Å². The summed E-state index contributed by atoms with van der Waals surface area (Å²) in [5, 5.41) is 17.5. The Balaban J connectivity index is 2.06. The van der Waals surface area contributed by atoms with Crippen LogP contribution in [-0.2, 0) is 5.60 Å². The molecule has 1 heterocycles. The first kappa shape index (κ1) is 20.7. The SMILES string of the molecule is CC(C)n1c(-c2ccc(C#N)cc2)nnc1C(C)(C)Oc1c(F)cc(Cl)cc1F. The van der Waals surface area contributed by atoms with Gasteiger partial charge in [-0.25, -0.2) is 8.78 Å². The van der Waals surface area contributed by atoms with Gasteiger partial charge in [-0.2, -0.15) is 5.26 Å². The monoisotopic (exact) mass is 416 g/mol. The lowest BCUT2D eigenvalue weighted by atomic mass is 10.1. The van der Waals surface area contributed by atoms with Crippen LogP contribution in [0.25, 0.3) is 11.4 Å². The van der Waals surface area contributed by atoms with Gasteiger partial charge in [-0.1, -0.05) is 11.6 Å². The van der Waals surface area contributed by atoms with Gasteiger partial charge in [0.25, 0.3) is 0 Å². The van der Waals surface area contributed by atoms with Crippen molar-refractivity contribution in [2.75, 3.05) is 0 Å². The van der Waals surface area contributed by atoms with Gasteiger partial charge in [0.2, 0.25) is 0 Å². The fourth-order valence-corrected chi connectivity index (χ4v) is 3.20. The van der Waals surface area contributed by atoms with Gasteiger partial charge < -0.3 is 9.30 Å². The summed E-state index contributed by atoms with van der Waals surface area (Å²) in [7, 11) is 0. The number of nitrogens with zero attached hydrogens (tertiary/aromatic N) is 4. The maximum absolute atomic E-state index is 14.2. The predicted molar refractivity (Wildman–Crippen MR) is 106 cm³/mol. The van der Waals surface area contributed by atoms with E-state index in [1.165, 1.54) is 0 Å². The number of hydrogen-bond donors (Lipinski definition) is 0. The van der Waals surface area contributed by atoms with E-state index >= 15 is 0 Å². The van der Waals surface area contributed by atoms with Crippen molar-refractivity contribution in [3.05, 3.63) is 64.4 Å².